The number of anilines is 2. The van der Waals surface area contributed by atoms with Crippen LogP contribution in [0.4, 0.5) is 11.4 Å². The van der Waals surface area contributed by atoms with Gasteiger partial charge in [-0.25, -0.2) is 21.1 Å². The fraction of sp³-hybridized carbons (Fsp3) is 0.208. The minimum atomic E-state index is -4.10. The van der Waals surface area contributed by atoms with Crippen LogP contribution in [0.2, 0.25) is 0 Å². The van der Waals surface area contributed by atoms with E-state index in [1.54, 1.807) is 43.3 Å². The lowest BCUT2D eigenvalue weighted by atomic mass is 10.2. The van der Waals surface area contributed by atoms with Gasteiger partial charge in [-0.2, -0.15) is 0 Å². The Hall–Kier alpha value is -3.41. The number of hydrogen-bond acceptors (Lipinski definition) is 6. The number of nitrogens with one attached hydrogen (secondary N) is 1. The molecule has 9 nitrogen and oxygen atoms in total. The van der Waals surface area contributed by atoms with Gasteiger partial charge in [0.15, 0.2) is 0 Å². The van der Waals surface area contributed by atoms with Gasteiger partial charge in [0.1, 0.15) is 12.3 Å². The van der Waals surface area contributed by atoms with Crippen LogP contribution in [-0.4, -0.2) is 54.8 Å². The first kappa shape index (κ1) is 26.2. The third-order valence-corrected chi connectivity index (χ3v) is 8.70. The van der Waals surface area contributed by atoms with Crippen LogP contribution < -0.4 is 14.4 Å². The van der Waals surface area contributed by atoms with Crippen LogP contribution in [0.5, 0.6) is 5.75 Å². The largest absolute Gasteiger partial charge is 0.497 e. The molecule has 3 aromatic rings. The average Bonchev–Trinajstić information content (AvgIpc) is 2.82. The van der Waals surface area contributed by atoms with Gasteiger partial charge >= 0.3 is 0 Å². The molecular weight excluding hydrogens is 490 g/mol. The third kappa shape index (κ3) is 5.99. The Morgan fingerprint density at radius 2 is 1.46 bits per heavy atom. The normalized spacial score (nSPS) is 11.8. The molecule has 0 atom stereocenters. The van der Waals surface area contributed by atoms with Crippen molar-refractivity contribution in [2.75, 3.05) is 37.4 Å². The van der Waals surface area contributed by atoms with Crippen molar-refractivity contribution in [3.63, 3.8) is 0 Å². The van der Waals surface area contributed by atoms with E-state index in [0.717, 1.165) is 14.2 Å². The molecule has 0 aliphatic rings. The summed E-state index contributed by atoms with van der Waals surface area (Å²) in [5.74, 6) is -0.110. The molecule has 0 saturated carbocycles. The molecule has 0 radical (unpaired) electrons. The second kappa shape index (κ2) is 10.5. The molecule has 0 unspecified atom stereocenters. The molecule has 0 aromatic heterocycles. The van der Waals surface area contributed by atoms with Crippen molar-refractivity contribution in [3.05, 3.63) is 78.4 Å². The summed E-state index contributed by atoms with van der Waals surface area (Å²) in [5, 5.41) is 2.60. The summed E-state index contributed by atoms with van der Waals surface area (Å²) in [4.78, 5) is 13.0. The molecule has 0 aliphatic heterocycles. The highest BCUT2D eigenvalue weighted by molar-refractivity contribution is 7.92. The lowest BCUT2D eigenvalue weighted by molar-refractivity contribution is -0.114. The van der Waals surface area contributed by atoms with E-state index in [0.29, 0.717) is 5.75 Å². The van der Waals surface area contributed by atoms with Crippen LogP contribution in [0.25, 0.3) is 0 Å². The molecule has 1 amide bonds. The number of amides is 1. The third-order valence-electron chi connectivity index (χ3n) is 5.12. The number of ether oxygens (including phenoxy) is 1. The highest BCUT2D eigenvalue weighted by Gasteiger charge is 2.28. The molecule has 0 spiro atoms. The Kier molecular flexibility index (Phi) is 7.83. The molecule has 186 valence electrons. The molecule has 11 heteroatoms. The van der Waals surface area contributed by atoms with Gasteiger partial charge in [-0.05, 0) is 67.1 Å². The zero-order valence-corrected chi connectivity index (χ0v) is 21.4. The Labute approximate surface area is 206 Å². The van der Waals surface area contributed by atoms with Crippen LogP contribution in [0.1, 0.15) is 5.56 Å². The minimum Gasteiger partial charge on any atom is -0.497 e. The maximum atomic E-state index is 13.5. The van der Waals surface area contributed by atoms with Crippen molar-refractivity contribution in [1.82, 2.24) is 4.31 Å². The number of rotatable bonds is 9. The SMILES string of the molecule is COc1ccc(N(CC(=O)Nc2cccc(S(=O)(=O)N(C)C)c2)S(=O)(=O)c2cccc(C)c2)cc1. The van der Waals surface area contributed by atoms with E-state index in [4.69, 9.17) is 4.74 Å². The summed E-state index contributed by atoms with van der Waals surface area (Å²) in [7, 11) is -3.50. The van der Waals surface area contributed by atoms with E-state index in [1.165, 1.54) is 57.6 Å². The van der Waals surface area contributed by atoms with Gasteiger partial charge < -0.3 is 10.1 Å². The highest BCUT2D eigenvalue weighted by atomic mass is 32.2. The van der Waals surface area contributed by atoms with E-state index in [2.05, 4.69) is 5.32 Å². The van der Waals surface area contributed by atoms with Gasteiger partial charge in [-0.3, -0.25) is 9.10 Å². The first-order valence-corrected chi connectivity index (χ1v) is 13.4. The predicted octanol–water partition coefficient (Wildman–Crippen LogP) is 3.09. The van der Waals surface area contributed by atoms with E-state index in [-0.39, 0.29) is 21.2 Å². The lowest BCUT2D eigenvalue weighted by Crippen LogP contribution is -2.38. The second-order valence-electron chi connectivity index (χ2n) is 7.89. The monoisotopic (exact) mass is 517 g/mol. The first-order valence-electron chi connectivity index (χ1n) is 10.5. The lowest BCUT2D eigenvalue weighted by Gasteiger charge is -2.24. The van der Waals surface area contributed by atoms with Gasteiger partial charge in [0.2, 0.25) is 15.9 Å². The maximum Gasteiger partial charge on any atom is 0.264 e. The topological polar surface area (TPSA) is 113 Å². The summed E-state index contributed by atoms with van der Waals surface area (Å²) in [5.41, 5.74) is 1.25. The molecule has 0 aliphatic carbocycles. The molecule has 0 heterocycles. The molecular formula is C24H27N3O6S2. The van der Waals surface area contributed by atoms with Gasteiger partial charge in [0.05, 0.1) is 22.6 Å². The van der Waals surface area contributed by atoms with E-state index < -0.39 is 32.5 Å². The fourth-order valence-electron chi connectivity index (χ4n) is 3.24. The standard InChI is InChI=1S/C24H27N3O6S2/c1-18-7-5-9-22(15-18)35(31,32)27(20-11-13-21(33-4)14-12-20)17-24(28)25-19-8-6-10-23(16-19)34(29,30)26(2)3/h5-16H,17H2,1-4H3,(H,25,28). The summed E-state index contributed by atoms with van der Waals surface area (Å²) >= 11 is 0. The molecule has 0 saturated heterocycles. The van der Waals surface area contributed by atoms with Gasteiger partial charge in [0, 0.05) is 19.8 Å². The Bertz CT molecular complexity index is 1420. The number of carbonyl (C=O) groups excluding carboxylic acids is 1. The summed E-state index contributed by atoms with van der Waals surface area (Å²) in [6.45, 7) is 1.24. The zero-order chi connectivity index (χ0) is 25.8. The molecule has 0 fully saturated rings. The van der Waals surface area contributed by atoms with Gasteiger partial charge in [0.25, 0.3) is 10.0 Å². The fourth-order valence-corrected chi connectivity index (χ4v) is 5.72. The average molecular weight is 518 g/mol. The van der Waals surface area contributed by atoms with Crippen LogP contribution in [0.3, 0.4) is 0 Å². The smallest absolute Gasteiger partial charge is 0.264 e. The van der Waals surface area contributed by atoms with Crippen molar-refractivity contribution in [1.29, 1.82) is 0 Å². The van der Waals surface area contributed by atoms with Crippen LogP contribution in [-0.2, 0) is 24.8 Å². The van der Waals surface area contributed by atoms with E-state index in [9.17, 15) is 21.6 Å². The van der Waals surface area contributed by atoms with Crippen molar-refractivity contribution in [2.45, 2.75) is 16.7 Å². The Balaban J connectivity index is 1.94. The van der Waals surface area contributed by atoms with Crippen molar-refractivity contribution in [3.8, 4) is 5.75 Å². The molecule has 1 N–H and O–H groups in total. The van der Waals surface area contributed by atoms with Crippen LogP contribution in [0, 0.1) is 6.92 Å². The van der Waals surface area contributed by atoms with Gasteiger partial charge in [-0.1, -0.05) is 18.2 Å². The maximum absolute atomic E-state index is 13.5. The molecule has 0 bridgehead atoms. The molecule has 3 aromatic carbocycles. The number of carbonyl (C=O) groups is 1. The summed E-state index contributed by atoms with van der Waals surface area (Å²) < 4.78 is 59.1. The van der Waals surface area contributed by atoms with Crippen LogP contribution >= 0.6 is 0 Å². The molecule has 35 heavy (non-hydrogen) atoms. The van der Waals surface area contributed by atoms with Crippen molar-refractivity contribution in [2.24, 2.45) is 0 Å². The second-order valence-corrected chi connectivity index (χ2v) is 11.9. The van der Waals surface area contributed by atoms with Crippen LogP contribution in [0.15, 0.2) is 82.6 Å². The predicted molar refractivity (Wildman–Crippen MR) is 135 cm³/mol. The number of nitrogens with zero attached hydrogens (tertiary/aromatic N) is 2. The number of hydrogen-bond donors (Lipinski definition) is 1. The van der Waals surface area contributed by atoms with Crippen molar-refractivity contribution >= 4 is 37.3 Å². The minimum absolute atomic E-state index is 0.000284. The zero-order valence-electron chi connectivity index (χ0n) is 19.8. The molecule has 3 rings (SSSR count). The van der Waals surface area contributed by atoms with E-state index >= 15 is 0 Å². The highest BCUT2D eigenvalue weighted by Crippen LogP contribution is 2.26. The number of aryl methyl sites for hydroxylation is 1. The number of benzene rings is 3. The summed E-state index contributed by atoms with van der Waals surface area (Å²) in [6.07, 6.45) is 0. The number of sulfonamides is 2. The Morgan fingerprint density at radius 3 is 2.03 bits per heavy atom. The number of methoxy groups -OCH3 is 1. The Morgan fingerprint density at radius 1 is 0.857 bits per heavy atom. The van der Waals surface area contributed by atoms with E-state index in [1.807, 2.05) is 0 Å². The first-order chi connectivity index (χ1) is 16.4. The quantitative estimate of drug-likeness (QED) is 0.467. The van der Waals surface area contributed by atoms with Crippen molar-refractivity contribution < 1.29 is 26.4 Å². The summed E-state index contributed by atoms with van der Waals surface area (Å²) in [6, 6.07) is 18.4. The van der Waals surface area contributed by atoms with Gasteiger partial charge in [-0.15, -0.1) is 0 Å².